The minimum absolute atomic E-state index is 0.0744. The van der Waals surface area contributed by atoms with Gasteiger partial charge in [-0.3, -0.25) is 14.4 Å². The Kier molecular flexibility index (Phi) is 11.8. The fraction of sp³-hybridized carbons (Fsp3) is 0.750. The maximum absolute atomic E-state index is 10.3. The lowest BCUT2D eigenvalue weighted by molar-refractivity contribution is -0.153. The molecule has 3 N–H and O–H groups in total. The van der Waals surface area contributed by atoms with Crippen LogP contribution in [0.3, 0.4) is 0 Å². The van der Waals surface area contributed by atoms with Gasteiger partial charge in [-0.05, 0) is 0 Å². The highest BCUT2D eigenvalue weighted by molar-refractivity contribution is 5.94. The molecule has 0 bridgehead atoms. The predicted molar refractivity (Wildman–Crippen MR) is 67.5 cm³/mol. The molecule has 3 unspecified atom stereocenters. The molecular formula is C12H22O8. The van der Waals surface area contributed by atoms with Crippen molar-refractivity contribution >= 4 is 17.9 Å². The molecule has 0 spiro atoms. The number of rotatable bonds is 4. The van der Waals surface area contributed by atoms with Gasteiger partial charge >= 0.3 is 17.9 Å². The normalized spacial score (nSPS) is 19.8. The van der Waals surface area contributed by atoms with Crippen LogP contribution in [0.15, 0.2) is 0 Å². The van der Waals surface area contributed by atoms with E-state index >= 15 is 0 Å². The summed E-state index contributed by atoms with van der Waals surface area (Å²) in [5.74, 6) is -2.30. The number of hydrogen-bond acceptors (Lipinski definition) is 7. The van der Waals surface area contributed by atoms with Crippen LogP contribution >= 0.6 is 0 Å². The summed E-state index contributed by atoms with van der Waals surface area (Å²) < 4.78 is 8.70. The predicted octanol–water partition coefficient (Wildman–Crippen LogP) is -0.233. The fourth-order valence-electron chi connectivity index (χ4n) is 1.20. The molecule has 1 aliphatic heterocycles. The number of cyclic esters (lactones) is 2. The maximum atomic E-state index is 10.3. The molecule has 1 aliphatic rings. The summed E-state index contributed by atoms with van der Waals surface area (Å²) in [5, 5.41) is 24.2. The standard InChI is InChI=1S/C6H12O4.C5H6O3.CH4O/c1-4(3-5(7)8)6(9)10-2;1-3-2-4(6)8-5(3)7;1-2/h4,6,9H,3H2,1-2H3,(H,7,8);3H,2H2,1H3;2H,1H3. The van der Waals surface area contributed by atoms with E-state index in [-0.39, 0.29) is 24.7 Å². The molecule has 0 aromatic carbocycles. The number of carbonyl (C=O) groups is 3. The van der Waals surface area contributed by atoms with E-state index in [1.807, 2.05) is 0 Å². The first-order chi connectivity index (χ1) is 9.27. The van der Waals surface area contributed by atoms with E-state index in [0.29, 0.717) is 0 Å². The van der Waals surface area contributed by atoms with Gasteiger partial charge in [0, 0.05) is 20.1 Å². The first kappa shape index (κ1) is 20.8. The number of aliphatic hydroxyl groups excluding tert-OH is 2. The third-order valence-electron chi connectivity index (χ3n) is 2.31. The largest absolute Gasteiger partial charge is 0.481 e. The van der Waals surface area contributed by atoms with Crippen LogP contribution in [-0.4, -0.2) is 53.7 Å². The van der Waals surface area contributed by atoms with Gasteiger partial charge in [0.15, 0.2) is 6.29 Å². The number of ether oxygens (including phenoxy) is 2. The van der Waals surface area contributed by atoms with Crippen molar-refractivity contribution in [1.82, 2.24) is 0 Å². The highest BCUT2D eigenvalue weighted by atomic mass is 16.6. The molecule has 0 aromatic rings. The highest BCUT2D eigenvalue weighted by Gasteiger charge is 2.28. The molecule has 0 aromatic heterocycles. The van der Waals surface area contributed by atoms with Gasteiger partial charge in [0.2, 0.25) is 0 Å². The molecule has 8 nitrogen and oxygen atoms in total. The van der Waals surface area contributed by atoms with Gasteiger partial charge in [0.05, 0.1) is 18.8 Å². The van der Waals surface area contributed by atoms with Crippen LogP contribution in [0.25, 0.3) is 0 Å². The van der Waals surface area contributed by atoms with Crippen molar-refractivity contribution < 1.29 is 39.2 Å². The molecule has 0 aliphatic carbocycles. The van der Waals surface area contributed by atoms with Crippen LogP contribution in [0, 0.1) is 11.8 Å². The minimum Gasteiger partial charge on any atom is -0.481 e. The molecule has 20 heavy (non-hydrogen) atoms. The smallest absolute Gasteiger partial charge is 0.316 e. The molecule has 1 rings (SSSR count). The van der Waals surface area contributed by atoms with Crippen molar-refractivity contribution in [1.29, 1.82) is 0 Å². The zero-order valence-corrected chi connectivity index (χ0v) is 12.0. The van der Waals surface area contributed by atoms with Crippen LogP contribution in [0.4, 0.5) is 0 Å². The second-order valence-electron chi connectivity index (χ2n) is 4.10. The molecule has 1 fully saturated rings. The Morgan fingerprint density at radius 3 is 2.15 bits per heavy atom. The highest BCUT2D eigenvalue weighted by Crippen LogP contribution is 2.13. The topological polar surface area (TPSA) is 130 Å². The summed E-state index contributed by atoms with van der Waals surface area (Å²) in [5.41, 5.74) is 0. The lowest BCUT2D eigenvalue weighted by Crippen LogP contribution is -2.21. The van der Waals surface area contributed by atoms with Gasteiger partial charge in [-0.25, -0.2) is 0 Å². The first-order valence-corrected chi connectivity index (χ1v) is 5.89. The summed E-state index contributed by atoms with van der Waals surface area (Å²) in [7, 11) is 2.34. The van der Waals surface area contributed by atoms with E-state index in [2.05, 4.69) is 9.47 Å². The molecule has 0 radical (unpaired) electrons. The third kappa shape index (κ3) is 9.42. The summed E-state index contributed by atoms with van der Waals surface area (Å²) in [6.45, 7) is 3.29. The zero-order chi connectivity index (χ0) is 16.3. The lowest BCUT2D eigenvalue weighted by atomic mass is 10.1. The molecule has 1 saturated heterocycles. The molecule has 0 amide bonds. The first-order valence-electron chi connectivity index (χ1n) is 5.89. The van der Waals surface area contributed by atoms with Crippen LogP contribution in [0.5, 0.6) is 0 Å². The van der Waals surface area contributed by atoms with E-state index in [1.165, 1.54) is 7.11 Å². The van der Waals surface area contributed by atoms with Gasteiger partial charge in [-0.2, -0.15) is 0 Å². The van der Waals surface area contributed by atoms with E-state index in [0.717, 1.165) is 7.11 Å². The van der Waals surface area contributed by atoms with Gasteiger partial charge < -0.3 is 24.8 Å². The number of carbonyl (C=O) groups excluding carboxylic acids is 2. The number of esters is 2. The second-order valence-corrected chi connectivity index (χ2v) is 4.10. The van der Waals surface area contributed by atoms with Crippen LogP contribution in [-0.2, 0) is 23.9 Å². The minimum atomic E-state index is -0.976. The Balaban J connectivity index is 0. The van der Waals surface area contributed by atoms with E-state index < -0.39 is 24.2 Å². The van der Waals surface area contributed by atoms with Crippen molar-refractivity contribution in [2.45, 2.75) is 33.0 Å². The number of hydrogen-bond donors (Lipinski definition) is 3. The van der Waals surface area contributed by atoms with Gasteiger partial charge in [-0.15, -0.1) is 0 Å². The quantitative estimate of drug-likeness (QED) is 0.368. The Hall–Kier alpha value is -1.51. The zero-order valence-electron chi connectivity index (χ0n) is 12.0. The van der Waals surface area contributed by atoms with Gasteiger partial charge in [0.1, 0.15) is 0 Å². The van der Waals surface area contributed by atoms with E-state index in [9.17, 15) is 14.4 Å². The number of carboxylic acid groups (broad SMARTS) is 1. The van der Waals surface area contributed by atoms with Gasteiger partial charge in [-0.1, -0.05) is 13.8 Å². The molecule has 1 heterocycles. The van der Waals surface area contributed by atoms with E-state index in [1.54, 1.807) is 13.8 Å². The monoisotopic (exact) mass is 294 g/mol. The summed E-state index contributed by atoms with van der Waals surface area (Å²) >= 11 is 0. The molecule has 0 saturated carbocycles. The van der Waals surface area contributed by atoms with Gasteiger partial charge in [0.25, 0.3) is 0 Å². The number of methoxy groups -OCH3 is 1. The molecule has 8 heteroatoms. The SMILES string of the molecule is CC1CC(=O)OC1=O.CO.COC(O)C(C)CC(=O)O. The molecule has 3 atom stereocenters. The summed E-state index contributed by atoms with van der Waals surface area (Å²) in [4.78, 5) is 30.6. The molecule has 118 valence electrons. The fourth-order valence-corrected chi connectivity index (χ4v) is 1.20. The van der Waals surface area contributed by atoms with Crippen molar-refractivity contribution in [3.8, 4) is 0 Å². The number of aliphatic hydroxyl groups is 2. The van der Waals surface area contributed by atoms with Crippen LogP contribution < -0.4 is 0 Å². The molecular weight excluding hydrogens is 272 g/mol. The Morgan fingerprint density at radius 2 is 1.95 bits per heavy atom. The maximum Gasteiger partial charge on any atom is 0.316 e. The van der Waals surface area contributed by atoms with Crippen molar-refractivity contribution in [3.05, 3.63) is 0 Å². The van der Waals surface area contributed by atoms with Crippen LogP contribution in [0.2, 0.25) is 0 Å². The number of carboxylic acids is 1. The van der Waals surface area contributed by atoms with Crippen molar-refractivity contribution in [2.75, 3.05) is 14.2 Å². The lowest BCUT2D eigenvalue weighted by Gasteiger charge is -2.14. The summed E-state index contributed by atoms with van der Waals surface area (Å²) in [6.07, 6.45) is -0.801. The van der Waals surface area contributed by atoms with E-state index in [4.69, 9.17) is 15.3 Å². The third-order valence-corrected chi connectivity index (χ3v) is 2.31. The second kappa shape index (κ2) is 11.3. The Labute approximate surface area is 117 Å². The average Bonchev–Trinajstić information content (AvgIpc) is 2.67. The Bertz CT molecular complexity index is 315. The average molecular weight is 294 g/mol. The number of aliphatic carboxylic acids is 1. The Morgan fingerprint density at radius 1 is 1.45 bits per heavy atom. The van der Waals surface area contributed by atoms with Crippen molar-refractivity contribution in [2.24, 2.45) is 11.8 Å². The van der Waals surface area contributed by atoms with Crippen molar-refractivity contribution in [3.63, 3.8) is 0 Å². The van der Waals surface area contributed by atoms with Crippen LogP contribution in [0.1, 0.15) is 26.7 Å². The summed E-state index contributed by atoms with van der Waals surface area (Å²) in [6, 6.07) is 0.